The van der Waals surface area contributed by atoms with E-state index >= 15 is 0 Å². The molecule has 23 heavy (non-hydrogen) atoms. The average molecular weight is 334 g/mol. The maximum Gasteiger partial charge on any atom is 0.311 e. The lowest BCUT2D eigenvalue weighted by Gasteiger charge is -2.39. The second kappa shape index (κ2) is 7.44. The van der Waals surface area contributed by atoms with Gasteiger partial charge in [0.05, 0.1) is 5.41 Å². The minimum absolute atomic E-state index is 0.0369. The Hall–Kier alpha value is -0.730. The van der Waals surface area contributed by atoms with Crippen LogP contribution in [0.25, 0.3) is 0 Å². The summed E-state index contributed by atoms with van der Waals surface area (Å²) in [5.41, 5.74) is -0.721. The van der Waals surface area contributed by atoms with Crippen LogP contribution < -0.4 is 0 Å². The predicted octanol–water partition coefficient (Wildman–Crippen LogP) is 0.446. The molecule has 5 atom stereocenters. The highest BCUT2D eigenvalue weighted by Gasteiger charge is 2.45. The number of aliphatic hydroxyl groups is 3. The molecule has 7 nitrogen and oxygen atoms in total. The van der Waals surface area contributed by atoms with Gasteiger partial charge in [0.15, 0.2) is 6.29 Å². The first-order chi connectivity index (χ1) is 10.4. The van der Waals surface area contributed by atoms with E-state index in [4.69, 9.17) is 14.2 Å². The van der Waals surface area contributed by atoms with Crippen molar-refractivity contribution >= 4 is 5.97 Å². The van der Waals surface area contributed by atoms with Gasteiger partial charge in [0.25, 0.3) is 0 Å². The number of carbonyl (C=O) groups is 1. The highest BCUT2D eigenvalue weighted by Crippen LogP contribution is 2.34. The van der Waals surface area contributed by atoms with Crippen LogP contribution in [-0.2, 0) is 19.0 Å². The zero-order valence-electron chi connectivity index (χ0n) is 14.8. The summed E-state index contributed by atoms with van der Waals surface area (Å²) in [6.07, 6.45) is -5.57. The number of methoxy groups -OCH3 is 1. The summed E-state index contributed by atoms with van der Waals surface area (Å²) in [5.74, 6) is -0.405. The van der Waals surface area contributed by atoms with Crippen LogP contribution in [0.3, 0.4) is 0 Å². The van der Waals surface area contributed by atoms with Gasteiger partial charge in [0.2, 0.25) is 0 Å². The lowest BCUT2D eigenvalue weighted by Crippen LogP contribution is -2.59. The van der Waals surface area contributed by atoms with Gasteiger partial charge in [0.1, 0.15) is 31.0 Å². The molecule has 0 radical (unpaired) electrons. The standard InChI is InChI=1S/C16H30O7/c1-15(2,3)8-16(4,5)14(20)22-7-9-10(17)11(18)12(19)13(21-6)23-9/h9-13,17-19H,7-8H2,1-6H3. The van der Waals surface area contributed by atoms with Gasteiger partial charge in [-0.05, 0) is 25.7 Å². The molecular weight excluding hydrogens is 304 g/mol. The van der Waals surface area contributed by atoms with E-state index in [1.54, 1.807) is 13.8 Å². The Bertz CT molecular complexity index is 400. The maximum atomic E-state index is 12.3. The van der Waals surface area contributed by atoms with Crippen molar-refractivity contribution in [1.82, 2.24) is 0 Å². The van der Waals surface area contributed by atoms with E-state index in [2.05, 4.69) is 0 Å². The molecule has 0 spiro atoms. The van der Waals surface area contributed by atoms with Crippen LogP contribution in [-0.4, -0.2) is 65.7 Å². The van der Waals surface area contributed by atoms with Crippen LogP contribution in [0.4, 0.5) is 0 Å². The molecule has 0 aromatic rings. The number of carbonyl (C=O) groups excluding carboxylic acids is 1. The second-order valence-corrected chi connectivity index (χ2v) is 7.97. The first kappa shape index (κ1) is 20.3. The molecule has 1 saturated heterocycles. The third-order valence-electron chi connectivity index (χ3n) is 3.80. The molecule has 1 aliphatic rings. The molecule has 136 valence electrons. The van der Waals surface area contributed by atoms with Crippen molar-refractivity contribution in [2.24, 2.45) is 10.8 Å². The molecule has 1 heterocycles. The van der Waals surface area contributed by atoms with Crippen molar-refractivity contribution in [3.05, 3.63) is 0 Å². The molecule has 0 aliphatic carbocycles. The predicted molar refractivity (Wildman–Crippen MR) is 82.5 cm³/mol. The molecule has 7 heteroatoms. The summed E-state index contributed by atoms with van der Waals surface area (Å²) in [6.45, 7) is 9.49. The number of aliphatic hydroxyl groups excluding tert-OH is 3. The minimum Gasteiger partial charge on any atom is -0.462 e. The van der Waals surface area contributed by atoms with Gasteiger partial charge in [0, 0.05) is 7.11 Å². The Morgan fingerprint density at radius 2 is 1.61 bits per heavy atom. The van der Waals surface area contributed by atoms with Crippen LogP contribution in [0.5, 0.6) is 0 Å². The van der Waals surface area contributed by atoms with Crippen LogP contribution in [0.2, 0.25) is 0 Å². The molecule has 3 N–H and O–H groups in total. The molecule has 0 saturated carbocycles. The highest BCUT2D eigenvalue weighted by atomic mass is 16.7. The Labute approximate surface area is 137 Å². The van der Waals surface area contributed by atoms with Crippen molar-refractivity contribution in [2.75, 3.05) is 13.7 Å². The summed E-state index contributed by atoms with van der Waals surface area (Å²) in [4.78, 5) is 12.3. The van der Waals surface area contributed by atoms with Gasteiger partial charge in [-0.25, -0.2) is 0 Å². The average Bonchev–Trinajstić information content (AvgIpc) is 2.41. The molecule has 1 fully saturated rings. The summed E-state index contributed by atoms with van der Waals surface area (Å²) in [5, 5.41) is 29.4. The first-order valence-electron chi connectivity index (χ1n) is 7.79. The largest absolute Gasteiger partial charge is 0.462 e. The fourth-order valence-corrected chi connectivity index (χ4v) is 3.00. The van der Waals surface area contributed by atoms with Gasteiger partial charge in [-0.2, -0.15) is 0 Å². The smallest absolute Gasteiger partial charge is 0.311 e. The first-order valence-corrected chi connectivity index (χ1v) is 7.79. The minimum atomic E-state index is -1.43. The van der Waals surface area contributed by atoms with Gasteiger partial charge in [-0.1, -0.05) is 20.8 Å². The zero-order valence-corrected chi connectivity index (χ0v) is 14.8. The topological polar surface area (TPSA) is 105 Å². The lowest BCUT2D eigenvalue weighted by atomic mass is 9.76. The van der Waals surface area contributed by atoms with E-state index in [-0.39, 0.29) is 12.0 Å². The molecule has 0 amide bonds. The lowest BCUT2D eigenvalue weighted by molar-refractivity contribution is -0.295. The SMILES string of the molecule is COC1OC(COC(=O)C(C)(C)CC(C)(C)C)C(O)C(O)C1O. The Balaban J connectivity index is 2.64. The molecule has 5 unspecified atom stereocenters. The fraction of sp³-hybridized carbons (Fsp3) is 0.938. The summed E-state index contributed by atoms with van der Waals surface area (Å²) in [6, 6.07) is 0. The summed E-state index contributed by atoms with van der Waals surface area (Å²) < 4.78 is 15.5. The van der Waals surface area contributed by atoms with Gasteiger partial charge in [-0.15, -0.1) is 0 Å². The van der Waals surface area contributed by atoms with E-state index in [0.29, 0.717) is 6.42 Å². The van der Waals surface area contributed by atoms with Crippen LogP contribution in [0.15, 0.2) is 0 Å². The van der Waals surface area contributed by atoms with Gasteiger partial charge in [-0.3, -0.25) is 4.79 Å². The van der Waals surface area contributed by atoms with E-state index in [1.165, 1.54) is 7.11 Å². The third kappa shape index (κ3) is 5.39. The molecular formula is C16H30O7. The molecule has 0 aromatic heterocycles. The number of ether oxygens (including phenoxy) is 3. The number of hydrogen-bond acceptors (Lipinski definition) is 7. The van der Waals surface area contributed by atoms with Crippen LogP contribution in [0.1, 0.15) is 41.0 Å². The van der Waals surface area contributed by atoms with E-state index in [1.807, 2.05) is 20.8 Å². The van der Waals surface area contributed by atoms with E-state index in [0.717, 1.165) is 0 Å². The van der Waals surface area contributed by atoms with Crippen molar-refractivity contribution < 1.29 is 34.3 Å². The van der Waals surface area contributed by atoms with Crippen molar-refractivity contribution in [1.29, 1.82) is 0 Å². The van der Waals surface area contributed by atoms with E-state index in [9.17, 15) is 20.1 Å². The van der Waals surface area contributed by atoms with Crippen LogP contribution in [0, 0.1) is 10.8 Å². The molecule has 1 rings (SSSR count). The second-order valence-electron chi connectivity index (χ2n) is 7.97. The molecule has 1 aliphatic heterocycles. The van der Waals surface area contributed by atoms with Gasteiger partial charge < -0.3 is 29.5 Å². The Kier molecular flexibility index (Phi) is 6.57. The Morgan fingerprint density at radius 3 is 2.09 bits per heavy atom. The molecule has 0 aromatic carbocycles. The fourth-order valence-electron chi connectivity index (χ4n) is 3.00. The number of rotatable bonds is 5. The quantitative estimate of drug-likeness (QED) is 0.627. The summed E-state index contributed by atoms with van der Waals surface area (Å²) in [7, 11) is 1.31. The van der Waals surface area contributed by atoms with Crippen molar-refractivity contribution in [3.63, 3.8) is 0 Å². The van der Waals surface area contributed by atoms with Crippen molar-refractivity contribution in [2.45, 2.75) is 71.7 Å². The Morgan fingerprint density at radius 1 is 1.04 bits per heavy atom. The number of esters is 1. The normalized spacial score (nSPS) is 32.7. The zero-order chi connectivity index (χ0) is 18.0. The number of hydrogen-bond donors (Lipinski definition) is 3. The monoisotopic (exact) mass is 334 g/mol. The van der Waals surface area contributed by atoms with Crippen LogP contribution >= 0.6 is 0 Å². The third-order valence-corrected chi connectivity index (χ3v) is 3.80. The summed E-state index contributed by atoms with van der Waals surface area (Å²) >= 11 is 0. The van der Waals surface area contributed by atoms with Gasteiger partial charge >= 0.3 is 5.97 Å². The maximum absolute atomic E-state index is 12.3. The highest BCUT2D eigenvalue weighted by molar-refractivity contribution is 5.76. The molecule has 0 bridgehead atoms. The van der Waals surface area contributed by atoms with E-state index < -0.39 is 42.1 Å². The van der Waals surface area contributed by atoms with Crippen molar-refractivity contribution in [3.8, 4) is 0 Å².